The van der Waals surface area contributed by atoms with Crippen LogP contribution in [0.4, 0.5) is 0 Å². The van der Waals surface area contributed by atoms with Gasteiger partial charge in [0.15, 0.2) is 5.78 Å². The molecule has 1 aliphatic heterocycles. The van der Waals surface area contributed by atoms with E-state index in [1.807, 2.05) is 0 Å². The lowest BCUT2D eigenvalue weighted by molar-refractivity contribution is -0.158. The van der Waals surface area contributed by atoms with E-state index in [0.29, 0.717) is 18.6 Å². The number of carbonyl (C=O) groups excluding carboxylic acids is 2. The zero-order chi connectivity index (χ0) is 15.4. The molecule has 0 N–H and O–H groups in total. The Hall–Kier alpha value is -0.900. The number of Topliss-reactive ketones (excluding diaryl/α,β-unsaturated/α-hetero) is 1. The summed E-state index contributed by atoms with van der Waals surface area (Å²) in [4.78, 5) is 26.4. The summed E-state index contributed by atoms with van der Waals surface area (Å²) in [6.07, 6.45) is 3.40. The Labute approximate surface area is 122 Å². The number of rotatable bonds is 5. The van der Waals surface area contributed by atoms with Crippen LogP contribution in [-0.4, -0.2) is 42.9 Å². The summed E-state index contributed by atoms with van der Waals surface area (Å²) in [6, 6.07) is 0. The molecular weight excluding hydrogens is 254 g/mol. The summed E-state index contributed by atoms with van der Waals surface area (Å²) < 4.78 is 5.00. The predicted molar refractivity (Wildman–Crippen MR) is 79.5 cm³/mol. The number of nitrogens with zero attached hydrogens (tertiary/aromatic N) is 1. The molecule has 0 saturated carbocycles. The van der Waals surface area contributed by atoms with Gasteiger partial charge in [0.1, 0.15) is 5.41 Å². The average Bonchev–Trinajstić information content (AvgIpc) is 2.51. The molecule has 4 nitrogen and oxygen atoms in total. The zero-order valence-corrected chi connectivity index (χ0v) is 13.6. The first-order valence-electron chi connectivity index (χ1n) is 7.62. The van der Waals surface area contributed by atoms with Crippen molar-refractivity contribution in [2.24, 2.45) is 10.8 Å². The van der Waals surface area contributed by atoms with Gasteiger partial charge in [0.05, 0.1) is 13.2 Å². The summed E-state index contributed by atoms with van der Waals surface area (Å²) in [6.45, 7) is 12.2. The van der Waals surface area contributed by atoms with Gasteiger partial charge in [-0.1, -0.05) is 13.8 Å². The van der Waals surface area contributed by atoms with Crippen molar-refractivity contribution in [2.75, 3.05) is 26.2 Å². The van der Waals surface area contributed by atoms with Crippen molar-refractivity contribution < 1.29 is 14.3 Å². The fourth-order valence-electron chi connectivity index (χ4n) is 2.46. The topological polar surface area (TPSA) is 46.6 Å². The maximum atomic E-state index is 12.4. The molecule has 1 rings (SSSR count). The van der Waals surface area contributed by atoms with E-state index in [4.69, 9.17) is 4.74 Å². The monoisotopic (exact) mass is 283 g/mol. The molecule has 0 atom stereocenters. The number of hydrogen-bond acceptors (Lipinski definition) is 4. The van der Waals surface area contributed by atoms with Crippen molar-refractivity contribution in [3.63, 3.8) is 0 Å². The summed E-state index contributed by atoms with van der Waals surface area (Å²) >= 11 is 0. The quantitative estimate of drug-likeness (QED) is 0.575. The lowest BCUT2D eigenvalue weighted by Crippen LogP contribution is -2.42. The van der Waals surface area contributed by atoms with Gasteiger partial charge in [-0.05, 0) is 58.5 Å². The van der Waals surface area contributed by atoms with Crippen LogP contribution in [0.1, 0.15) is 53.9 Å². The third kappa shape index (κ3) is 4.58. The van der Waals surface area contributed by atoms with E-state index in [2.05, 4.69) is 18.7 Å². The van der Waals surface area contributed by atoms with E-state index in [1.165, 1.54) is 6.42 Å². The van der Waals surface area contributed by atoms with Crippen molar-refractivity contribution in [1.29, 1.82) is 0 Å². The highest BCUT2D eigenvalue weighted by Gasteiger charge is 2.38. The Balaban J connectivity index is 2.59. The summed E-state index contributed by atoms with van der Waals surface area (Å²) in [5.74, 6) is -0.462. The van der Waals surface area contributed by atoms with Crippen molar-refractivity contribution >= 4 is 11.8 Å². The summed E-state index contributed by atoms with van der Waals surface area (Å²) in [7, 11) is 0. The van der Waals surface area contributed by atoms with Crippen molar-refractivity contribution in [3.8, 4) is 0 Å². The van der Waals surface area contributed by atoms with Crippen LogP contribution >= 0.6 is 0 Å². The fourth-order valence-corrected chi connectivity index (χ4v) is 2.46. The minimum atomic E-state index is -1.04. The van der Waals surface area contributed by atoms with Crippen LogP contribution in [0.3, 0.4) is 0 Å². The van der Waals surface area contributed by atoms with E-state index in [0.717, 1.165) is 25.9 Å². The highest BCUT2D eigenvalue weighted by Crippen LogP contribution is 2.30. The van der Waals surface area contributed by atoms with Crippen LogP contribution in [0, 0.1) is 10.8 Å². The third-order valence-electron chi connectivity index (χ3n) is 4.28. The van der Waals surface area contributed by atoms with Gasteiger partial charge in [0.2, 0.25) is 0 Å². The van der Waals surface area contributed by atoms with Crippen molar-refractivity contribution in [1.82, 2.24) is 4.90 Å². The smallest absolute Gasteiger partial charge is 0.319 e. The number of ether oxygens (including phenoxy) is 1. The van der Waals surface area contributed by atoms with Crippen LogP contribution in [0.15, 0.2) is 0 Å². The molecule has 0 radical (unpaired) electrons. The highest BCUT2D eigenvalue weighted by molar-refractivity contribution is 6.03. The summed E-state index contributed by atoms with van der Waals surface area (Å²) in [5, 5.41) is 0. The molecule has 0 amide bonds. The maximum Gasteiger partial charge on any atom is 0.319 e. The van der Waals surface area contributed by atoms with Crippen molar-refractivity contribution in [3.05, 3.63) is 0 Å². The minimum absolute atomic E-state index is 0.0457. The van der Waals surface area contributed by atoms with Gasteiger partial charge in [-0.25, -0.2) is 0 Å². The lowest BCUT2D eigenvalue weighted by Gasteiger charge is -2.26. The van der Waals surface area contributed by atoms with E-state index < -0.39 is 11.4 Å². The number of likely N-dealkylation sites (tertiary alicyclic amines) is 1. The predicted octanol–water partition coefficient (Wildman–Crippen LogP) is 2.66. The number of carbonyl (C=O) groups is 2. The number of ketones is 1. The molecule has 0 aliphatic carbocycles. The maximum absolute atomic E-state index is 12.4. The second kappa shape index (κ2) is 6.70. The molecule has 20 heavy (non-hydrogen) atoms. The number of hydrogen-bond donors (Lipinski definition) is 0. The van der Waals surface area contributed by atoms with E-state index in [-0.39, 0.29) is 5.78 Å². The van der Waals surface area contributed by atoms with Gasteiger partial charge < -0.3 is 4.74 Å². The minimum Gasteiger partial charge on any atom is -0.465 e. The van der Waals surface area contributed by atoms with E-state index in [1.54, 1.807) is 20.8 Å². The first-order chi connectivity index (χ1) is 9.19. The SMILES string of the molecule is CCOC(=O)C(C)(C)C(=O)CN1CCCC(C)(C)CC1. The second-order valence-electron chi connectivity index (χ2n) is 7.06. The molecular formula is C16H29NO3. The first-order valence-corrected chi connectivity index (χ1v) is 7.62. The van der Waals surface area contributed by atoms with Crippen LogP contribution < -0.4 is 0 Å². The molecule has 0 unspecified atom stereocenters. The molecule has 1 fully saturated rings. The molecule has 1 aliphatic rings. The molecule has 0 aromatic heterocycles. The van der Waals surface area contributed by atoms with E-state index in [9.17, 15) is 9.59 Å². The molecule has 1 heterocycles. The van der Waals surface area contributed by atoms with Gasteiger partial charge in [-0.2, -0.15) is 0 Å². The lowest BCUT2D eigenvalue weighted by atomic mass is 9.85. The Morgan fingerprint density at radius 1 is 1.20 bits per heavy atom. The summed E-state index contributed by atoms with van der Waals surface area (Å²) in [5.41, 5.74) is -0.688. The Kier molecular flexibility index (Phi) is 5.75. The molecule has 116 valence electrons. The Morgan fingerprint density at radius 2 is 1.85 bits per heavy atom. The van der Waals surface area contributed by atoms with Gasteiger partial charge in [-0.3, -0.25) is 14.5 Å². The third-order valence-corrected chi connectivity index (χ3v) is 4.28. The first kappa shape index (κ1) is 17.2. The Bertz CT molecular complexity index is 361. The van der Waals surface area contributed by atoms with Crippen LogP contribution in [0.25, 0.3) is 0 Å². The highest BCUT2D eigenvalue weighted by atomic mass is 16.5. The van der Waals surface area contributed by atoms with E-state index >= 15 is 0 Å². The molecule has 0 bridgehead atoms. The van der Waals surface area contributed by atoms with Crippen molar-refractivity contribution in [2.45, 2.75) is 53.9 Å². The molecule has 4 heteroatoms. The number of esters is 1. The largest absolute Gasteiger partial charge is 0.465 e. The van der Waals surface area contributed by atoms with Gasteiger partial charge >= 0.3 is 5.97 Å². The molecule has 1 saturated heterocycles. The second-order valence-corrected chi connectivity index (χ2v) is 7.06. The van der Waals surface area contributed by atoms with Gasteiger partial charge in [0.25, 0.3) is 0 Å². The van der Waals surface area contributed by atoms with Gasteiger partial charge in [-0.15, -0.1) is 0 Å². The van der Waals surface area contributed by atoms with Crippen LogP contribution in [-0.2, 0) is 14.3 Å². The standard InChI is InChI=1S/C16H29NO3/c1-6-20-14(19)16(4,5)13(18)12-17-10-7-8-15(2,3)9-11-17/h6-12H2,1-5H3. The fraction of sp³-hybridized carbons (Fsp3) is 0.875. The average molecular weight is 283 g/mol. The zero-order valence-electron chi connectivity index (χ0n) is 13.6. The van der Waals surface area contributed by atoms with Gasteiger partial charge in [0, 0.05) is 0 Å². The molecule has 0 aromatic carbocycles. The normalized spacial score (nSPS) is 20.2. The Morgan fingerprint density at radius 3 is 2.45 bits per heavy atom. The van der Waals surface area contributed by atoms with Crippen LogP contribution in [0.2, 0.25) is 0 Å². The van der Waals surface area contributed by atoms with Crippen LogP contribution in [0.5, 0.6) is 0 Å². The molecule has 0 aromatic rings. The molecule has 0 spiro atoms.